The van der Waals surface area contributed by atoms with Crippen LogP contribution in [0.5, 0.6) is 0 Å². The van der Waals surface area contributed by atoms with Crippen molar-refractivity contribution in [2.24, 2.45) is 0 Å². The molecule has 1 aromatic rings. The first-order chi connectivity index (χ1) is 8.65. The van der Waals surface area contributed by atoms with E-state index in [1.54, 1.807) is 6.08 Å². The molecule has 7 heteroatoms. The van der Waals surface area contributed by atoms with Crippen molar-refractivity contribution >= 4 is 23.2 Å². The van der Waals surface area contributed by atoms with Crippen LogP contribution in [0.2, 0.25) is 0 Å². The lowest BCUT2D eigenvalue weighted by molar-refractivity contribution is 0.0691. The summed E-state index contributed by atoms with van der Waals surface area (Å²) in [6.45, 7) is 4.89. The molecule has 0 fully saturated rings. The first-order valence-electron chi connectivity index (χ1n) is 5.30. The summed E-state index contributed by atoms with van der Waals surface area (Å²) in [6.07, 6.45) is 2.52. The fraction of sp³-hybridized carbons (Fsp3) is 0.364. The number of hydrogen-bond acceptors (Lipinski definition) is 5. The van der Waals surface area contributed by atoms with Crippen molar-refractivity contribution in [1.82, 2.24) is 10.3 Å². The molecule has 0 bridgehead atoms. The van der Waals surface area contributed by atoms with Gasteiger partial charge in [0.25, 0.3) is 5.91 Å². The summed E-state index contributed by atoms with van der Waals surface area (Å²) < 4.78 is 5.21. The minimum atomic E-state index is -1.14. The van der Waals surface area contributed by atoms with Crippen molar-refractivity contribution in [3.8, 4) is 0 Å². The highest BCUT2D eigenvalue weighted by molar-refractivity contribution is 7.11. The summed E-state index contributed by atoms with van der Waals surface area (Å²) >= 11 is 1.000. The molecule has 0 aliphatic carbocycles. The van der Waals surface area contributed by atoms with Gasteiger partial charge in [-0.1, -0.05) is 6.08 Å². The number of nitrogens with zero attached hydrogens (tertiary/aromatic N) is 1. The van der Waals surface area contributed by atoms with Crippen LogP contribution in [0.1, 0.15) is 26.7 Å². The molecule has 1 heterocycles. The van der Waals surface area contributed by atoms with Crippen molar-refractivity contribution in [2.45, 2.75) is 6.42 Å². The summed E-state index contributed by atoms with van der Waals surface area (Å²) in [7, 11) is 0. The molecule has 0 aliphatic heterocycles. The second kappa shape index (κ2) is 7.57. The van der Waals surface area contributed by atoms with E-state index >= 15 is 0 Å². The number of hydrogen-bond donors (Lipinski definition) is 2. The van der Waals surface area contributed by atoms with E-state index in [1.807, 2.05) is 0 Å². The van der Waals surface area contributed by atoms with Crippen LogP contribution in [0.25, 0.3) is 0 Å². The number of thiazole rings is 1. The minimum Gasteiger partial charge on any atom is -0.476 e. The predicted octanol–water partition coefficient (Wildman–Crippen LogP) is 1.16. The van der Waals surface area contributed by atoms with Crippen molar-refractivity contribution in [3.63, 3.8) is 0 Å². The molecule has 0 saturated heterocycles. The molecule has 2 N–H and O–H groups in total. The van der Waals surface area contributed by atoms with Crippen molar-refractivity contribution in [3.05, 3.63) is 28.7 Å². The van der Waals surface area contributed by atoms with E-state index in [1.165, 1.54) is 5.38 Å². The maximum atomic E-state index is 11.5. The summed E-state index contributed by atoms with van der Waals surface area (Å²) in [5, 5.41) is 12.7. The lowest BCUT2D eigenvalue weighted by Crippen LogP contribution is -2.27. The molecule has 98 valence electrons. The summed E-state index contributed by atoms with van der Waals surface area (Å²) in [5.41, 5.74) is -0.118. The SMILES string of the molecule is C=CCCOCCNC(=O)c1nc(C(=O)O)cs1. The monoisotopic (exact) mass is 270 g/mol. The number of carboxylic acids is 1. The van der Waals surface area contributed by atoms with E-state index in [0.29, 0.717) is 19.8 Å². The van der Waals surface area contributed by atoms with Gasteiger partial charge in [0.05, 0.1) is 13.2 Å². The lowest BCUT2D eigenvalue weighted by Gasteiger charge is -2.03. The van der Waals surface area contributed by atoms with Crippen LogP contribution < -0.4 is 5.32 Å². The smallest absolute Gasteiger partial charge is 0.355 e. The normalized spacial score (nSPS) is 10.0. The highest BCUT2D eigenvalue weighted by Gasteiger charge is 2.13. The second-order valence-electron chi connectivity index (χ2n) is 3.29. The first kappa shape index (κ1) is 14.3. The van der Waals surface area contributed by atoms with E-state index < -0.39 is 5.97 Å². The van der Waals surface area contributed by atoms with Gasteiger partial charge in [-0.25, -0.2) is 9.78 Å². The average Bonchev–Trinajstić information content (AvgIpc) is 2.83. The Bertz CT molecular complexity index is 430. The number of aromatic nitrogens is 1. The predicted molar refractivity (Wildman–Crippen MR) is 67.0 cm³/mol. The van der Waals surface area contributed by atoms with Gasteiger partial charge in [0.1, 0.15) is 0 Å². The number of rotatable bonds is 8. The molecule has 0 radical (unpaired) electrons. The molecule has 0 aromatic carbocycles. The molecule has 1 rings (SSSR count). The highest BCUT2D eigenvalue weighted by Crippen LogP contribution is 2.09. The van der Waals surface area contributed by atoms with Crippen LogP contribution in [0, 0.1) is 0 Å². The van der Waals surface area contributed by atoms with E-state index in [2.05, 4.69) is 16.9 Å². The molecule has 1 aromatic heterocycles. The number of ether oxygens (including phenoxy) is 1. The van der Waals surface area contributed by atoms with E-state index in [0.717, 1.165) is 17.8 Å². The molecule has 0 aliphatic rings. The van der Waals surface area contributed by atoms with Crippen molar-refractivity contribution in [1.29, 1.82) is 0 Å². The maximum Gasteiger partial charge on any atom is 0.355 e. The molecule has 18 heavy (non-hydrogen) atoms. The average molecular weight is 270 g/mol. The van der Waals surface area contributed by atoms with E-state index in [9.17, 15) is 9.59 Å². The number of carbonyl (C=O) groups is 2. The van der Waals surface area contributed by atoms with Crippen molar-refractivity contribution < 1.29 is 19.4 Å². The number of nitrogens with one attached hydrogen (secondary N) is 1. The van der Waals surface area contributed by atoms with Crippen LogP contribution in [0.3, 0.4) is 0 Å². The zero-order chi connectivity index (χ0) is 13.4. The Labute approximate surface area is 108 Å². The third-order valence-corrected chi connectivity index (χ3v) is 2.76. The van der Waals surface area contributed by atoms with Gasteiger partial charge in [-0.3, -0.25) is 4.79 Å². The topological polar surface area (TPSA) is 88.5 Å². The van der Waals surface area contributed by atoms with E-state index in [4.69, 9.17) is 9.84 Å². The van der Waals surface area contributed by atoms with Gasteiger partial charge in [-0.15, -0.1) is 17.9 Å². The molecule has 0 atom stereocenters. The van der Waals surface area contributed by atoms with Gasteiger partial charge >= 0.3 is 5.97 Å². The fourth-order valence-corrected chi connectivity index (χ4v) is 1.76. The molecular weight excluding hydrogens is 256 g/mol. The van der Waals surface area contributed by atoms with Gasteiger partial charge in [-0.05, 0) is 6.42 Å². The number of carboxylic acid groups (broad SMARTS) is 1. The zero-order valence-electron chi connectivity index (χ0n) is 9.72. The highest BCUT2D eigenvalue weighted by atomic mass is 32.1. The fourth-order valence-electron chi connectivity index (χ4n) is 1.06. The summed E-state index contributed by atoms with van der Waals surface area (Å²) in [6, 6.07) is 0. The van der Waals surface area contributed by atoms with Gasteiger partial charge in [0, 0.05) is 11.9 Å². The zero-order valence-corrected chi connectivity index (χ0v) is 10.5. The maximum absolute atomic E-state index is 11.5. The molecule has 1 amide bonds. The standard InChI is InChI=1S/C11H14N2O4S/c1-2-3-5-17-6-4-12-9(14)10-13-8(7-18-10)11(15)16/h2,7H,1,3-6H2,(H,12,14)(H,15,16). The molecular formula is C11H14N2O4S. The quantitative estimate of drug-likeness (QED) is 0.546. The second-order valence-corrected chi connectivity index (χ2v) is 4.15. The Hall–Kier alpha value is -1.73. The van der Waals surface area contributed by atoms with Crippen LogP contribution in [-0.4, -0.2) is 41.7 Å². The first-order valence-corrected chi connectivity index (χ1v) is 6.18. The molecule has 0 spiro atoms. The Morgan fingerprint density at radius 1 is 1.56 bits per heavy atom. The number of amides is 1. The Morgan fingerprint density at radius 3 is 2.94 bits per heavy atom. The third-order valence-electron chi connectivity index (χ3n) is 1.92. The lowest BCUT2D eigenvalue weighted by atomic mass is 10.4. The van der Waals surface area contributed by atoms with Gasteiger partial charge in [0.15, 0.2) is 10.7 Å². The Morgan fingerprint density at radius 2 is 2.33 bits per heavy atom. The Kier molecular flexibility index (Phi) is 6.03. The number of aromatic carboxylic acids is 1. The third kappa shape index (κ3) is 4.64. The molecule has 0 unspecified atom stereocenters. The molecule has 0 saturated carbocycles. The van der Waals surface area contributed by atoms with Crippen LogP contribution in [-0.2, 0) is 4.74 Å². The van der Waals surface area contributed by atoms with Crippen molar-refractivity contribution in [2.75, 3.05) is 19.8 Å². The Balaban J connectivity index is 2.27. The minimum absolute atomic E-state index is 0.118. The van der Waals surface area contributed by atoms with E-state index in [-0.39, 0.29) is 16.6 Å². The van der Waals surface area contributed by atoms with Gasteiger partial charge in [-0.2, -0.15) is 0 Å². The van der Waals surface area contributed by atoms with Crippen LogP contribution >= 0.6 is 11.3 Å². The van der Waals surface area contributed by atoms with Crippen LogP contribution in [0.4, 0.5) is 0 Å². The molecule has 6 nitrogen and oxygen atoms in total. The van der Waals surface area contributed by atoms with Gasteiger partial charge in [0.2, 0.25) is 0 Å². The number of carbonyl (C=O) groups excluding carboxylic acids is 1. The summed E-state index contributed by atoms with van der Waals surface area (Å²) in [4.78, 5) is 25.8. The van der Waals surface area contributed by atoms with Crippen LogP contribution in [0.15, 0.2) is 18.0 Å². The summed E-state index contributed by atoms with van der Waals surface area (Å²) in [5.74, 6) is -1.53. The van der Waals surface area contributed by atoms with Gasteiger partial charge < -0.3 is 15.2 Å². The largest absolute Gasteiger partial charge is 0.476 e.